The maximum absolute atomic E-state index is 12.3. The summed E-state index contributed by atoms with van der Waals surface area (Å²) in [6.07, 6.45) is 4.18. The summed E-state index contributed by atoms with van der Waals surface area (Å²) in [6.45, 7) is -0.447. The van der Waals surface area contributed by atoms with Crippen LogP contribution < -0.4 is 5.32 Å². The van der Waals surface area contributed by atoms with Gasteiger partial charge in [0, 0.05) is 11.3 Å². The lowest BCUT2D eigenvalue weighted by molar-refractivity contribution is -0.124. The molecule has 20 heavy (non-hydrogen) atoms. The number of hydrogen-bond donors (Lipinski definition) is 3. The number of amides is 1. The van der Waals surface area contributed by atoms with Crippen molar-refractivity contribution in [2.75, 3.05) is 13.2 Å². The fraction of sp³-hybridized carbons (Fsp3) is 0.562. The second-order valence-electron chi connectivity index (χ2n) is 5.99. The average molecular weight is 275 g/mol. The number of aliphatic hydroxyl groups excluding tert-OH is 2. The summed E-state index contributed by atoms with van der Waals surface area (Å²) in [7, 11) is 0. The molecule has 3 rings (SSSR count). The molecule has 1 fully saturated rings. The number of hydrogen-bond acceptors (Lipinski definition) is 3. The first-order valence-electron chi connectivity index (χ1n) is 7.32. The maximum atomic E-state index is 12.3. The molecule has 1 aromatic rings. The van der Waals surface area contributed by atoms with E-state index in [-0.39, 0.29) is 30.5 Å². The van der Waals surface area contributed by atoms with Crippen molar-refractivity contribution in [2.24, 2.45) is 5.92 Å². The molecule has 4 nitrogen and oxygen atoms in total. The Morgan fingerprint density at radius 1 is 1.35 bits per heavy atom. The van der Waals surface area contributed by atoms with Crippen molar-refractivity contribution in [3.8, 4) is 0 Å². The van der Waals surface area contributed by atoms with Crippen LogP contribution >= 0.6 is 0 Å². The minimum Gasteiger partial charge on any atom is -0.394 e. The zero-order chi connectivity index (χ0) is 14.2. The third-order valence-corrected chi connectivity index (χ3v) is 4.80. The van der Waals surface area contributed by atoms with Gasteiger partial charge in [-0.05, 0) is 36.8 Å². The number of benzene rings is 1. The van der Waals surface area contributed by atoms with Gasteiger partial charge in [0.1, 0.15) is 0 Å². The molecule has 3 N–H and O–H groups in total. The minimum atomic E-state index is -0.543. The van der Waals surface area contributed by atoms with Crippen LogP contribution in [0.1, 0.15) is 30.4 Å². The first-order chi connectivity index (χ1) is 9.71. The molecular weight excluding hydrogens is 254 g/mol. The average Bonchev–Trinajstić information content (AvgIpc) is 3.20. The molecule has 0 radical (unpaired) electrons. The van der Waals surface area contributed by atoms with Gasteiger partial charge < -0.3 is 15.5 Å². The van der Waals surface area contributed by atoms with Crippen LogP contribution in [-0.2, 0) is 16.6 Å². The Labute approximate surface area is 118 Å². The molecule has 0 bridgehead atoms. The summed E-state index contributed by atoms with van der Waals surface area (Å²) >= 11 is 0. The fourth-order valence-corrected chi connectivity index (χ4v) is 3.63. The molecule has 1 saturated carbocycles. The quantitative estimate of drug-likeness (QED) is 0.759. The zero-order valence-corrected chi connectivity index (χ0v) is 11.5. The van der Waals surface area contributed by atoms with Crippen molar-refractivity contribution in [1.29, 1.82) is 0 Å². The van der Waals surface area contributed by atoms with Crippen molar-refractivity contribution in [1.82, 2.24) is 5.32 Å². The van der Waals surface area contributed by atoms with E-state index in [1.165, 1.54) is 11.1 Å². The van der Waals surface area contributed by atoms with Crippen LogP contribution in [0.25, 0.3) is 0 Å². The summed E-state index contributed by atoms with van der Waals surface area (Å²) in [6, 6.07) is 7.87. The lowest BCUT2D eigenvalue weighted by atomic mass is 9.78. The van der Waals surface area contributed by atoms with Crippen LogP contribution in [0.2, 0.25) is 0 Å². The van der Waals surface area contributed by atoms with Crippen LogP contribution in [0.4, 0.5) is 0 Å². The maximum Gasteiger partial charge on any atom is 0.224 e. The van der Waals surface area contributed by atoms with E-state index in [4.69, 9.17) is 10.2 Å². The SMILES string of the molecule is O=C(NC(CO)CO)[C@H]1C[C@]12CCCc1ccccc12. The standard InChI is InChI=1S/C16H21NO3/c18-9-12(10-19)17-15(20)14-8-16(14)7-3-5-11-4-1-2-6-13(11)16/h1-2,4,6,12,14,18-19H,3,5,7-10H2,(H,17,20)/t14-,16+/m1/s1. The highest BCUT2D eigenvalue weighted by Gasteiger charge is 2.60. The first-order valence-corrected chi connectivity index (χ1v) is 7.32. The van der Waals surface area contributed by atoms with Crippen molar-refractivity contribution in [3.05, 3.63) is 35.4 Å². The lowest BCUT2D eigenvalue weighted by Crippen LogP contribution is -2.42. The van der Waals surface area contributed by atoms with Gasteiger partial charge in [0.25, 0.3) is 0 Å². The van der Waals surface area contributed by atoms with Gasteiger partial charge >= 0.3 is 0 Å². The predicted molar refractivity (Wildman–Crippen MR) is 75.3 cm³/mol. The highest BCUT2D eigenvalue weighted by molar-refractivity contribution is 5.85. The number of nitrogens with one attached hydrogen (secondary N) is 1. The molecular formula is C16H21NO3. The molecule has 2 aliphatic rings. The smallest absolute Gasteiger partial charge is 0.224 e. The molecule has 0 saturated heterocycles. The third-order valence-electron chi connectivity index (χ3n) is 4.80. The fourth-order valence-electron chi connectivity index (χ4n) is 3.63. The van der Waals surface area contributed by atoms with E-state index in [0.717, 1.165) is 25.7 Å². The van der Waals surface area contributed by atoms with Gasteiger partial charge in [0.2, 0.25) is 5.91 Å². The van der Waals surface area contributed by atoms with Gasteiger partial charge in [-0.15, -0.1) is 0 Å². The van der Waals surface area contributed by atoms with Gasteiger partial charge in [0.15, 0.2) is 0 Å². The van der Waals surface area contributed by atoms with Crippen LogP contribution in [0.3, 0.4) is 0 Å². The number of carbonyl (C=O) groups excluding carboxylic acids is 1. The van der Waals surface area contributed by atoms with E-state index >= 15 is 0 Å². The van der Waals surface area contributed by atoms with E-state index in [9.17, 15) is 4.79 Å². The Morgan fingerprint density at radius 3 is 2.85 bits per heavy atom. The summed E-state index contributed by atoms with van der Waals surface area (Å²) in [5, 5.41) is 20.9. The molecule has 4 heteroatoms. The second kappa shape index (κ2) is 5.19. The Kier molecular flexibility index (Phi) is 3.52. The Hall–Kier alpha value is -1.39. The van der Waals surface area contributed by atoms with Crippen molar-refractivity contribution in [2.45, 2.75) is 37.1 Å². The Balaban J connectivity index is 1.76. The molecule has 0 aliphatic heterocycles. The Morgan fingerprint density at radius 2 is 2.10 bits per heavy atom. The summed E-state index contributed by atoms with van der Waals surface area (Å²) in [4.78, 5) is 12.3. The molecule has 0 unspecified atom stereocenters. The largest absolute Gasteiger partial charge is 0.394 e. The third kappa shape index (κ3) is 2.13. The Bertz CT molecular complexity index is 512. The predicted octanol–water partition coefficient (Wildman–Crippen LogP) is 0.750. The monoisotopic (exact) mass is 275 g/mol. The van der Waals surface area contributed by atoms with Crippen LogP contribution in [-0.4, -0.2) is 35.4 Å². The molecule has 1 spiro atoms. The van der Waals surface area contributed by atoms with Gasteiger partial charge in [-0.2, -0.15) is 0 Å². The number of aryl methyl sites for hydroxylation is 1. The van der Waals surface area contributed by atoms with Crippen molar-refractivity contribution >= 4 is 5.91 Å². The molecule has 2 atom stereocenters. The number of fused-ring (bicyclic) bond motifs is 2. The van der Waals surface area contributed by atoms with E-state index in [1.54, 1.807) is 0 Å². The highest BCUT2D eigenvalue weighted by atomic mass is 16.3. The van der Waals surface area contributed by atoms with Gasteiger partial charge in [-0.1, -0.05) is 24.3 Å². The highest BCUT2D eigenvalue weighted by Crippen LogP contribution is 2.60. The van der Waals surface area contributed by atoms with Gasteiger partial charge in [0.05, 0.1) is 19.3 Å². The van der Waals surface area contributed by atoms with Gasteiger partial charge in [-0.25, -0.2) is 0 Å². The molecule has 1 amide bonds. The van der Waals surface area contributed by atoms with Crippen molar-refractivity contribution < 1.29 is 15.0 Å². The van der Waals surface area contributed by atoms with Crippen LogP contribution in [0.15, 0.2) is 24.3 Å². The first kappa shape index (κ1) is 13.6. The molecule has 2 aliphatic carbocycles. The minimum absolute atomic E-state index is 0.00832. The summed E-state index contributed by atoms with van der Waals surface area (Å²) in [5.41, 5.74) is 2.71. The normalized spacial score (nSPS) is 27.4. The van der Waals surface area contributed by atoms with Gasteiger partial charge in [-0.3, -0.25) is 4.79 Å². The molecule has 1 aromatic carbocycles. The van der Waals surface area contributed by atoms with E-state index in [2.05, 4.69) is 23.5 Å². The topological polar surface area (TPSA) is 69.6 Å². The van der Waals surface area contributed by atoms with Crippen molar-refractivity contribution in [3.63, 3.8) is 0 Å². The second-order valence-corrected chi connectivity index (χ2v) is 5.99. The lowest BCUT2D eigenvalue weighted by Gasteiger charge is -2.26. The van der Waals surface area contributed by atoms with E-state index < -0.39 is 6.04 Å². The number of rotatable bonds is 4. The van der Waals surface area contributed by atoms with Crippen LogP contribution in [0.5, 0.6) is 0 Å². The number of aliphatic hydroxyl groups is 2. The zero-order valence-electron chi connectivity index (χ0n) is 11.5. The van der Waals surface area contributed by atoms with E-state index in [1.807, 2.05) is 6.07 Å². The molecule has 0 heterocycles. The summed E-state index contributed by atoms with van der Waals surface area (Å²) in [5.74, 6) is -0.0423. The molecule has 0 aromatic heterocycles. The van der Waals surface area contributed by atoms with Crippen LogP contribution in [0, 0.1) is 5.92 Å². The van der Waals surface area contributed by atoms with E-state index in [0.29, 0.717) is 0 Å². The molecule has 108 valence electrons. The number of carbonyl (C=O) groups is 1. The summed E-state index contributed by atoms with van der Waals surface area (Å²) < 4.78 is 0.